The largest absolute Gasteiger partial charge is 0.469 e. The van der Waals surface area contributed by atoms with Crippen LogP contribution in [0.1, 0.15) is 85.0 Å². The molecule has 0 saturated heterocycles. The van der Waals surface area contributed by atoms with Gasteiger partial charge in [-0.25, -0.2) is 0 Å². The van der Waals surface area contributed by atoms with Crippen molar-refractivity contribution in [2.45, 2.75) is 97.2 Å². The average Bonchev–Trinajstić information content (AvgIpc) is 3.04. The highest BCUT2D eigenvalue weighted by atomic mass is 16.5. The van der Waals surface area contributed by atoms with E-state index in [1.807, 2.05) is 0 Å². The summed E-state index contributed by atoms with van der Waals surface area (Å²) in [6, 6.07) is 0. The second-order valence-electron chi connectivity index (χ2n) is 11.5. The van der Waals surface area contributed by atoms with Gasteiger partial charge in [0.2, 0.25) is 0 Å². The van der Waals surface area contributed by atoms with E-state index in [1.54, 1.807) is 0 Å². The molecule has 4 aliphatic rings. The van der Waals surface area contributed by atoms with Crippen LogP contribution in [0.5, 0.6) is 0 Å². The summed E-state index contributed by atoms with van der Waals surface area (Å²) in [5, 5.41) is 21.5. The van der Waals surface area contributed by atoms with Gasteiger partial charge in [-0.2, -0.15) is 0 Å². The number of aliphatic hydroxyl groups is 2. The molecule has 0 heterocycles. The molecule has 2 N–H and O–H groups in total. The van der Waals surface area contributed by atoms with E-state index >= 15 is 0 Å². The van der Waals surface area contributed by atoms with E-state index in [0.29, 0.717) is 47.3 Å². The fraction of sp³-hybridized carbons (Fsp3) is 0.960. The fourth-order valence-corrected chi connectivity index (χ4v) is 8.82. The van der Waals surface area contributed by atoms with Crippen molar-refractivity contribution in [3.63, 3.8) is 0 Å². The van der Waals surface area contributed by atoms with E-state index in [4.69, 9.17) is 4.74 Å². The van der Waals surface area contributed by atoms with Crippen molar-refractivity contribution in [1.82, 2.24) is 0 Å². The molecule has 29 heavy (non-hydrogen) atoms. The number of hydrogen-bond donors (Lipinski definition) is 2. The fourth-order valence-electron chi connectivity index (χ4n) is 8.82. The second-order valence-corrected chi connectivity index (χ2v) is 11.5. The van der Waals surface area contributed by atoms with Crippen LogP contribution >= 0.6 is 0 Å². The molecule has 0 aromatic rings. The number of methoxy groups -OCH3 is 1. The first-order chi connectivity index (χ1) is 13.7. The lowest BCUT2D eigenvalue weighted by molar-refractivity contribution is -0.174. The van der Waals surface area contributed by atoms with Crippen molar-refractivity contribution in [3.05, 3.63) is 0 Å². The quantitative estimate of drug-likeness (QED) is 0.671. The number of hydrogen-bond acceptors (Lipinski definition) is 4. The highest BCUT2D eigenvalue weighted by molar-refractivity contribution is 5.69. The maximum absolute atomic E-state index is 11.6. The summed E-state index contributed by atoms with van der Waals surface area (Å²) in [5.41, 5.74) is 0.577. The zero-order valence-electron chi connectivity index (χ0n) is 18.9. The number of fused-ring (bicyclic) bond motifs is 5. The molecule has 0 aliphatic heterocycles. The summed E-state index contributed by atoms with van der Waals surface area (Å²) in [5.74, 6) is 3.17. The van der Waals surface area contributed by atoms with Gasteiger partial charge < -0.3 is 14.9 Å². The van der Waals surface area contributed by atoms with Gasteiger partial charge in [-0.15, -0.1) is 0 Å². The van der Waals surface area contributed by atoms with Crippen molar-refractivity contribution in [2.24, 2.45) is 46.3 Å². The Bertz CT molecular complexity index is 620. The lowest BCUT2D eigenvalue weighted by Gasteiger charge is -2.62. The average molecular weight is 407 g/mol. The van der Waals surface area contributed by atoms with Crippen LogP contribution < -0.4 is 0 Å². The van der Waals surface area contributed by atoms with Crippen LogP contribution in [0.15, 0.2) is 0 Å². The molecule has 4 heteroatoms. The molecule has 0 aromatic carbocycles. The molecule has 4 nitrogen and oxygen atoms in total. The third kappa shape index (κ3) is 3.46. The normalized spacial score (nSPS) is 50.2. The Morgan fingerprint density at radius 3 is 2.45 bits per heavy atom. The Balaban J connectivity index is 1.53. The maximum atomic E-state index is 11.6. The first-order valence-electron chi connectivity index (χ1n) is 12.1. The first kappa shape index (κ1) is 21.6. The molecular weight excluding hydrogens is 364 g/mol. The van der Waals surface area contributed by atoms with E-state index in [2.05, 4.69) is 20.8 Å². The van der Waals surface area contributed by atoms with Gasteiger partial charge in [-0.05, 0) is 104 Å². The Hall–Kier alpha value is -0.610. The van der Waals surface area contributed by atoms with Gasteiger partial charge >= 0.3 is 5.97 Å². The zero-order valence-corrected chi connectivity index (χ0v) is 18.9. The van der Waals surface area contributed by atoms with Gasteiger partial charge in [-0.3, -0.25) is 4.79 Å². The molecule has 0 amide bonds. The van der Waals surface area contributed by atoms with E-state index in [-0.39, 0.29) is 23.6 Å². The van der Waals surface area contributed by atoms with E-state index < -0.39 is 0 Å². The standard InChI is InChI=1S/C25H42O4/c1-15(5-8-22(28)29-4)18-6-7-19-23-20(10-12-25(18,19)3)24(2)11-9-17(26)13-16(24)14-21(23)27/h15-21,23,26-27H,5-14H2,1-4H3/t15-,16+,17-,18-,19+,20+,21-,23?,24+,25-/m1/s1. The minimum atomic E-state index is -0.211. The van der Waals surface area contributed by atoms with Crippen LogP contribution in [0.25, 0.3) is 0 Å². The molecule has 10 atom stereocenters. The number of carbonyl (C=O) groups excluding carboxylic acids is 1. The van der Waals surface area contributed by atoms with Crippen LogP contribution in [-0.4, -0.2) is 35.5 Å². The molecule has 0 aromatic heterocycles. The summed E-state index contributed by atoms with van der Waals surface area (Å²) in [6.07, 6.45) is 9.80. The highest BCUT2D eigenvalue weighted by Gasteiger charge is 2.62. The summed E-state index contributed by atoms with van der Waals surface area (Å²) in [6.45, 7) is 7.29. The molecule has 4 fully saturated rings. The third-order valence-electron chi connectivity index (χ3n) is 10.4. The highest BCUT2D eigenvalue weighted by Crippen LogP contribution is 2.68. The summed E-state index contributed by atoms with van der Waals surface area (Å²) in [4.78, 5) is 11.6. The topological polar surface area (TPSA) is 66.8 Å². The maximum Gasteiger partial charge on any atom is 0.305 e. The van der Waals surface area contributed by atoms with Crippen LogP contribution in [0.4, 0.5) is 0 Å². The Labute approximate surface area is 176 Å². The minimum absolute atomic E-state index is 0.0959. The molecule has 166 valence electrons. The summed E-state index contributed by atoms with van der Waals surface area (Å²) in [7, 11) is 1.48. The molecule has 1 unspecified atom stereocenters. The van der Waals surface area contributed by atoms with Crippen molar-refractivity contribution < 1.29 is 19.7 Å². The zero-order chi connectivity index (χ0) is 21.0. The van der Waals surface area contributed by atoms with Gasteiger partial charge in [0.05, 0.1) is 19.3 Å². The SMILES string of the molecule is COC(=O)CC[C@@H](C)[C@H]1CC[C@H]2C3[C@H](O)C[C@@H]4C[C@H](O)CC[C@]4(C)[C@H]3CC[C@]12C. The van der Waals surface area contributed by atoms with Crippen LogP contribution in [0, 0.1) is 46.3 Å². The molecule has 4 rings (SSSR count). The third-order valence-corrected chi connectivity index (χ3v) is 10.4. The van der Waals surface area contributed by atoms with Crippen LogP contribution in [-0.2, 0) is 9.53 Å². The van der Waals surface area contributed by atoms with Crippen molar-refractivity contribution >= 4 is 5.97 Å². The predicted molar refractivity (Wildman–Crippen MR) is 113 cm³/mol. The van der Waals surface area contributed by atoms with Gasteiger partial charge in [0, 0.05) is 6.42 Å². The lowest BCUT2D eigenvalue weighted by atomic mass is 9.43. The smallest absolute Gasteiger partial charge is 0.305 e. The second kappa shape index (κ2) is 7.82. The van der Waals surface area contributed by atoms with Gasteiger partial charge in [0.25, 0.3) is 0 Å². The molecule has 0 bridgehead atoms. The van der Waals surface area contributed by atoms with Crippen LogP contribution in [0.2, 0.25) is 0 Å². The summed E-state index contributed by atoms with van der Waals surface area (Å²) >= 11 is 0. The number of esters is 1. The molecule has 0 spiro atoms. The number of ether oxygens (including phenoxy) is 1. The monoisotopic (exact) mass is 406 g/mol. The molecule has 4 saturated carbocycles. The van der Waals surface area contributed by atoms with Crippen molar-refractivity contribution in [3.8, 4) is 0 Å². The molecular formula is C25H42O4. The predicted octanol–water partition coefficient (Wildman–Crippen LogP) is 4.57. The van der Waals surface area contributed by atoms with Crippen molar-refractivity contribution in [2.75, 3.05) is 7.11 Å². The Kier molecular flexibility index (Phi) is 5.83. The van der Waals surface area contributed by atoms with E-state index in [1.165, 1.54) is 32.8 Å². The van der Waals surface area contributed by atoms with Gasteiger partial charge in [-0.1, -0.05) is 20.8 Å². The van der Waals surface area contributed by atoms with E-state index in [0.717, 1.165) is 32.1 Å². The Morgan fingerprint density at radius 1 is 1.03 bits per heavy atom. The number of carbonyl (C=O) groups is 1. The van der Waals surface area contributed by atoms with E-state index in [9.17, 15) is 15.0 Å². The molecule has 4 aliphatic carbocycles. The number of aliphatic hydroxyl groups excluding tert-OH is 2. The lowest BCUT2D eigenvalue weighted by Crippen LogP contribution is -2.58. The minimum Gasteiger partial charge on any atom is -0.469 e. The van der Waals surface area contributed by atoms with Crippen LogP contribution in [0.3, 0.4) is 0 Å². The van der Waals surface area contributed by atoms with Crippen molar-refractivity contribution in [1.29, 1.82) is 0 Å². The summed E-state index contributed by atoms with van der Waals surface area (Å²) < 4.78 is 4.86. The van der Waals surface area contributed by atoms with Gasteiger partial charge in [0.1, 0.15) is 0 Å². The first-order valence-corrected chi connectivity index (χ1v) is 12.1. The van der Waals surface area contributed by atoms with Gasteiger partial charge in [0.15, 0.2) is 0 Å². The molecule has 0 radical (unpaired) electrons. The number of rotatable bonds is 4. The Morgan fingerprint density at radius 2 is 1.72 bits per heavy atom.